The highest BCUT2D eigenvalue weighted by Crippen LogP contribution is 2.41. The average molecular weight is 510 g/mol. The molecule has 0 aromatic carbocycles. The largest absolute Gasteiger partial charge is 0.367 e. The van der Waals surface area contributed by atoms with E-state index in [9.17, 15) is 0 Å². The van der Waals surface area contributed by atoms with E-state index in [2.05, 4.69) is 53.1 Å². The lowest BCUT2D eigenvalue weighted by Gasteiger charge is -2.26. The number of guanidine groups is 1. The average Bonchev–Trinajstić information content (AvgIpc) is 2.90. The third kappa shape index (κ3) is 4.40. The van der Waals surface area contributed by atoms with Crippen molar-refractivity contribution in [1.82, 2.24) is 10.5 Å². The molecule has 1 aliphatic rings. The molecule has 4 N–H and O–H groups in total. The Morgan fingerprint density at radius 2 is 2.20 bits per heavy atom. The van der Waals surface area contributed by atoms with Crippen LogP contribution in [0.3, 0.4) is 0 Å². The Kier molecular flexibility index (Phi) is 6.98. The van der Waals surface area contributed by atoms with Gasteiger partial charge in [-0.1, -0.05) is 0 Å². The fourth-order valence-corrected chi connectivity index (χ4v) is 5.93. The van der Waals surface area contributed by atoms with E-state index in [0.29, 0.717) is 0 Å². The molecular weight excluding hydrogens is 494 g/mol. The maximum atomic E-state index is 8.79. The number of rotatable bonds is 2. The molecule has 3 rings (SSSR count). The summed E-state index contributed by atoms with van der Waals surface area (Å²) in [6, 6.07) is 4.09. The Balaban J connectivity index is 0.00000225. The molecule has 0 spiro atoms. The smallest absolute Gasteiger partial charge is 0.237 e. The third-order valence-electron chi connectivity index (χ3n) is 3.92. The van der Waals surface area contributed by atoms with Crippen LogP contribution in [0.4, 0.5) is 0 Å². The van der Waals surface area contributed by atoms with Gasteiger partial charge in [-0.3, -0.25) is 10.2 Å². The van der Waals surface area contributed by atoms with Crippen LogP contribution in [0.1, 0.15) is 34.7 Å². The van der Waals surface area contributed by atoms with E-state index in [1.165, 1.54) is 5.56 Å². The highest BCUT2D eigenvalue weighted by Gasteiger charge is 2.29. The fraction of sp³-hybridized carbons (Fsp3) is 0.267. The first-order chi connectivity index (χ1) is 11.5. The van der Waals surface area contributed by atoms with E-state index in [4.69, 9.17) is 10.9 Å². The zero-order valence-corrected chi connectivity index (χ0v) is 18.0. The highest BCUT2D eigenvalue weighted by molar-refractivity contribution is 9.12. The first kappa shape index (κ1) is 20.3. The number of aryl methyl sites for hydroxylation is 1. The van der Waals surface area contributed by atoms with Gasteiger partial charge in [0.25, 0.3) is 0 Å². The topological polar surface area (TPSA) is 95.9 Å². The van der Waals surface area contributed by atoms with Gasteiger partial charge in [-0.2, -0.15) is 5.10 Å². The summed E-state index contributed by atoms with van der Waals surface area (Å²) in [6.07, 6.45) is 3.39. The summed E-state index contributed by atoms with van der Waals surface area (Å²) >= 11 is 8.83. The van der Waals surface area contributed by atoms with E-state index in [-0.39, 0.29) is 24.3 Å². The molecule has 0 amide bonds. The Labute approximate surface area is 172 Å². The van der Waals surface area contributed by atoms with Crippen molar-refractivity contribution in [3.63, 3.8) is 0 Å². The van der Waals surface area contributed by atoms with Gasteiger partial charge in [0.1, 0.15) is 0 Å². The van der Waals surface area contributed by atoms with Crippen LogP contribution < -0.4 is 11.2 Å². The summed E-state index contributed by atoms with van der Waals surface area (Å²) in [5.41, 5.74) is 12.4. The molecule has 1 aliphatic carbocycles. The number of nitrogens with one attached hydrogen (secondary N) is 1. The summed E-state index contributed by atoms with van der Waals surface area (Å²) in [5, 5.41) is 16.9. The van der Waals surface area contributed by atoms with Gasteiger partial charge in [0.05, 0.1) is 19.0 Å². The second-order valence-electron chi connectivity index (χ2n) is 5.48. The summed E-state index contributed by atoms with van der Waals surface area (Å²) < 4.78 is 2.19. The quantitative estimate of drug-likeness (QED) is 0.322. The summed E-state index contributed by atoms with van der Waals surface area (Å²) in [6.45, 7) is 2.03. The number of aromatic nitrogens is 1. The van der Waals surface area contributed by atoms with Crippen molar-refractivity contribution in [2.75, 3.05) is 0 Å². The first-order valence-corrected chi connectivity index (χ1v) is 9.59. The van der Waals surface area contributed by atoms with Gasteiger partial charge in [0, 0.05) is 11.8 Å². The Morgan fingerprint density at radius 3 is 2.84 bits per heavy atom. The van der Waals surface area contributed by atoms with Crippen LogP contribution in [0.2, 0.25) is 0 Å². The zero-order valence-electron chi connectivity index (χ0n) is 13.2. The number of hydrogen-bond donors (Lipinski definition) is 3. The van der Waals surface area contributed by atoms with Crippen molar-refractivity contribution >= 4 is 67.3 Å². The van der Waals surface area contributed by atoms with Gasteiger partial charge in [-0.05, 0) is 80.8 Å². The lowest BCUT2D eigenvalue weighted by Crippen LogP contribution is -2.28. The molecule has 134 valence electrons. The number of halogens is 3. The van der Waals surface area contributed by atoms with Gasteiger partial charge in [0.2, 0.25) is 5.96 Å². The highest BCUT2D eigenvalue weighted by atomic mass is 79.9. The maximum Gasteiger partial charge on any atom is 0.237 e. The molecule has 6 nitrogen and oxygen atoms in total. The summed E-state index contributed by atoms with van der Waals surface area (Å²) in [7, 11) is 0. The van der Waals surface area contributed by atoms with Gasteiger partial charge in [0.15, 0.2) is 0 Å². The van der Waals surface area contributed by atoms with Gasteiger partial charge in [-0.25, -0.2) is 5.48 Å². The standard InChI is InChI=1S/C15H15Br2N5OS.ClH/c1-7-2-3-19-10-4-8(9-6-12(16)24-14(9)17)5-11(13(7)10)20-21-15(18)22-23;/h2-3,6,8,23H,4-5H2,1H3,(H3,18,21,22);1H/b20-11-;. The molecule has 0 bridgehead atoms. The Morgan fingerprint density at radius 1 is 1.44 bits per heavy atom. The molecule has 10 heteroatoms. The monoisotopic (exact) mass is 507 g/mol. The Bertz CT molecular complexity index is 839. The van der Waals surface area contributed by atoms with Crippen molar-refractivity contribution in [2.24, 2.45) is 15.9 Å². The molecule has 0 radical (unpaired) electrons. The van der Waals surface area contributed by atoms with E-state index < -0.39 is 0 Å². The molecule has 25 heavy (non-hydrogen) atoms. The van der Waals surface area contributed by atoms with Crippen LogP contribution in [0, 0.1) is 6.92 Å². The van der Waals surface area contributed by atoms with Crippen LogP contribution in [0.25, 0.3) is 0 Å². The first-order valence-electron chi connectivity index (χ1n) is 7.19. The van der Waals surface area contributed by atoms with Gasteiger partial charge in [-0.15, -0.1) is 28.8 Å². The molecule has 2 aromatic heterocycles. The normalized spacial score (nSPS) is 18.6. The summed E-state index contributed by atoms with van der Waals surface area (Å²) in [4.78, 5) is 4.54. The number of nitrogens with zero attached hydrogens (tertiary/aromatic N) is 3. The van der Waals surface area contributed by atoms with Crippen LogP contribution >= 0.6 is 55.6 Å². The number of hydrogen-bond acceptors (Lipinski definition) is 5. The number of nitrogens with two attached hydrogens (primary N) is 1. The Hall–Kier alpha value is -1.00. The molecule has 0 fully saturated rings. The third-order valence-corrected chi connectivity index (χ3v) is 6.31. The van der Waals surface area contributed by atoms with E-state index in [0.717, 1.165) is 42.9 Å². The molecular formula is C15H16Br2ClN5OS. The minimum absolute atomic E-state index is 0. The van der Waals surface area contributed by atoms with Crippen LogP contribution in [-0.2, 0) is 6.42 Å². The fourth-order valence-electron chi connectivity index (χ4n) is 2.88. The van der Waals surface area contributed by atoms with Crippen molar-refractivity contribution in [2.45, 2.75) is 25.7 Å². The van der Waals surface area contributed by atoms with Crippen molar-refractivity contribution in [3.05, 3.63) is 48.3 Å². The molecule has 0 saturated carbocycles. The van der Waals surface area contributed by atoms with Gasteiger partial charge >= 0.3 is 0 Å². The maximum absolute atomic E-state index is 8.79. The SMILES string of the molecule is Cc1ccnc2c1/C(=N\N=C(N)NO)CC(c1cc(Br)sc1Br)C2.Cl. The minimum atomic E-state index is -0.146. The molecule has 1 unspecified atom stereocenters. The van der Waals surface area contributed by atoms with Gasteiger partial charge < -0.3 is 5.73 Å². The lowest BCUT2D eigenvalue weighted by atomic mass is 9.81. The minimum Gasteiger partial charge on any atom is -0.367 e. The predicted molar refractivity (Wildman–Crippen MR) is 110 cm³/mol. The number of fused-ring (bicyclic) bond motifs is 1. The second-order valence-corrected chi connectivity index (χ2v) is 9.23. The lowest BCUT2D eigenvalue weighted by molar-refractivity contribution is 0.232. The number of pyridine rings is 1. The predicted octanol–water partition coefficient (Wildman–Crippen LogP) is 4.13. The van der Waals surface area contributed by atoms with Crippen LogP contribution in [0.15, 0.2) is 36.1 Å². The van der Waals surface area contributed by atoms with Crippen LogP contribution in [0.5, 0.6) is 0 Å². The van der Waals surface area contributed by atoms with E-state index >= 15 is 0 Å². The van der Waals surface area contributed by atoms with Crippen molar-refractivity contribution in [3.8, 4) is 0 Å². The molecule has 0 aliphatic heterocycles. The van der Waals surface area contributed by atoms with E-state index in [1.807, 2.05) is 19.2 Å². The molecule has 2 aromatic rings. The molecule has 0 saturated heterocycles. The van der Waals surface area contributed by atoms with Crippen molar-refractivity contribution < 1.29 is 5.21 Å². The molecule has 2 heterocycles. The summed E-state index contributed by atoms with van der Waals surface area (Å²) in [5.74, 6) is 0.105. The van der Waals surface area contributed by atoms with Crippen molar-refractivity contribution in [1.29, 1.82) is 0 Å². The second kappa shape index (κ2) is 8.59. The zero-order chi connectivity index (χ0) is 17.3. The van der Waals surface area contributed by atoms with Crippen LogP contribution in [-0.4, -0.2) is 21.9 Å². The van der Waals surface area contributed by atoms with E-state index in [1.54, 1.807) is 16.8 Å². The number of hydroxylamine groups is 1. The number of thiophene rings is 1. The molecule has 1 atom stereocenters.